The van der Waals surface area contributed by atoms with Gasteiger partial charge in [-0.05, 0) is 52.1 Å². The van der Waals surface area contributed by atoms with Crippen molar-refractivity contribution in [1.82, 2.24) is 9.97 Å². The molecule has 1 aliphatic rings. The molecule has 3 heterocycles. The van der Waals surface area contributed by atoms with Crippen LogP contribution < -0.4 is 0 Å². The fraction of sp³-hybridized carbons (Fsp3) is 0.0667. The molecule has 0 spiro atoms. The minimum atomic E-state index is -0.0595. The molecule has 0 aliphatic heterocycles. The van der Waals surface area contributed by atoms with Crippen LogP contribution in [-0.2, 0) is 5.41 Å². The van der Waals surface area contributed by atoms with E-state index in [1.807, 2.05) is 12.1 Å². The van der Waals surface area contributed by atoms with Gasteiger partial charge in [0, 0.05) is 43.7 Å². The van der Waals surface area contributed by atoms with Crippen molar-refractivity contribution in [3.63, 3.8) is 0 Å². The topological polar surface area (TPSA) is 38.9 Å². The molecule has 9 aromatic rings. The largest absolute Gasteiger partial charge is 0.455 e. The van der Waals surface area contributed by atoms with Crippen LogP contribution in [0.2, 0.25) is 0 Å². The van der Waals surface area contributed by atoms with E-state index in [4.69, 9.17) is 14.4 Å². The third-order valence-corrected chi connectivity index (χ3v) is 10.3. The summed E-state index contributed by atoms with van der Waals surface area (Å²) in [6.45, 7) is 4.64. The summed E-state index contributed by atoms with van der Waals surface area (Å²) >= 11 is 0. The zero-order chi connectivity index (χ0) is 32.0. The summed E-state index contributed by atoms with van der Waals surface area (Å²) in [6, 6.07) is 51.6. The Morgan fingerprint density at radius 1 is 0.458 bits per heavy atom. The second-order valence-electron chi connectivity index (χ2n) is 13.4. The van der Waals surface area contributed by atoms with Crippen LogP contribution in [0.4, 0.5) is 0 Å². The fourth-order valence-corrected chi connectivity index (χ4v) is 7.75. The van der Waals surface area contributed by atoms with Crippen LogP contribution in [0.3, 0.4) is 0 Å². The highest BCUT2D eigenvalue weighted by Crippen LogP contribution is 2.49. The molecule has 48 heavy (non-hydrogen) atoms. The number of para-hydroxylation sites is 2. The monoisotopic (exact) mass is 614 g/mol. The van der Waals surface area contributed by atoms with Gasteiger partial charge in [-0.3, -0.25) is 0 Å². The van der Waals surface area contributed by atoms with Crippen molar-refractivity contribution in [1.29, 1.82) is 0 Å². The number of pyridine rings is 2. The highest BCUT2D eigenvalue weighted by molar-refractivity contribution is 6.09. The van der Waals surface area contributed by atoms with Crippen molar-refractivity contribution in [2.24, 2.45) is 0 Å². The number of hydrogen-bond donors (Lipinski definition) is 0. The smallest absolute Gasteiger partial charge is 0.143 e. The second kappa shape index (κ2) is 9.97. The van der Waals surface area contributed by atoms with Crippen molar-refractivity contribution in [3.8, 4) is 44.8 Å². The van der Waals surface area contributed by atoms with E-state index in [0.717, 1.165) is 77.4 Å². The predicted octanol–water partition coefficient (Wildman–Crippen LogP) is 12.0. The molecule has 0 amide bonds. The Balaban J connectivity index is 1.04. The summed E-state index contributed by atoms with van der Waals surface area (Å²) in [5, 5.41) is 4.44. The van der Waals surface area contributed by atoms with Crippen molar-refractivity contribution in [2.45, 2.75) is 19.3 Å². The van der Waals surface area contributed by atoms with Crippen LogP contribution in [0, 0.1) is 0 Å². The molecule has 10 rings (SSSR count). The van der Waals surface area contributed by atoms with Gasteiger partial charge < -0.3 is 4.42 Å². The van der Waals surface area contributed by atoms with Gasteiger partial charge in [-0.15, -0.1) is 0 Å². The summed E-state index contributed by atoms with van der Waals surface area (Å²) in [6.07, 6.45) is 0. The number of fused-ring (bicyclic) bond motifs is 9. The number of hydrogen-bond acceptors (Lipinski definition) is 3. The van der Waals surface area contributed by atoms with Crippen LogP contribution in [0.1, 0.15) is 25.0 Å². The zero-order valence-electron chi connectivity index (χ0n) is 26.7. The molecule has 6 aromatic carbocycles. The molecule has 3 heteroatoms. The molecular formula is C45H30N2O. The molecule has 3 aromatic heterocycles. The van der Waals surface area contributed by atoms with Gasteiger partial charge >= 0.3 is 0 Å². The van der Waals surface area contributed by atoms with Gasteiger partial charge in [0.25, 0.3) is 0 Å². The highest BCUT2D eigenvalue weighted by atomic mass is 16.3. The Morgan fingerprint density at radius 2 is 1.04 bits per heavy atom. The first-order valence-electron chi connectivity index (χ1n) is 16.5. The number of nitrogens with zero attached hydrogens (tertiary/aromatic N) is 2. The summed E-state index contributed by atoms with van der Waals surface area (Å²) in [5.74, 6) is 0. The maximum Gasteiger partial charge on any atom is 0.143 e. The van der Waals surface area contributed by atoms with Crippen LogP contribution in [0.15, 0.2) is 150 Å². The maximum absolute atomic E-state index is 6.31. The third kappa shape index (κ3) is 3.94. The second-order valence-corrected chi connectivity index (χ2v) is 13.4. The number of rotatable bonds is 3. The van der Waals surface area contributed by atoms with E-state index < -0.39 is 0 Å². The molecule has 1 aliphatic carbocycles. The standard InChI is InChI=1S/C45H30N2O/c1-45(2)37-12-5-3-8-33(37)34-23-20-31(26-38(34)45)40-25-22-30-19-18-29-21-24-39(46-42(29)43(30)47-40)28-16-14-27(15-17-28)32-10-7-11-36-35-9-4-6-13-41(35)48-44(32)36/h3-26H,1-2H3. The van der Waals surface area contributed by atoms with Crippen molar-refractivity contribution >= 4 is 43.7 Å². The average molecular weight is 615 g/mol. The van der Waals surface area contributed by atoms with Gasteiger partial charge in [0.15, 0.2) is 0 Å². The van der Waals surface area contributed by atoms with E-state index in [9.17, 15) is 0 Å². The fourth-order valence-electron chi connectivity index (χ4n) is 7.75. The molecule has 0 saturated carbocycles. The third-order valence-electron chi connectivity index (χ3n) is 10.3. The van der Waals surface area contributed by atoms with Crippen LogP contribution in [0.5, 0.6) is 0 Å². The first kappa shape index (κ1) is 27.1. The summed E-state index contributed by atoms with van der Waals surface area (Å²) in [7, 11) is 0. The Hall–Kier alpha value is -6.06. The Labute approximate surface area is 278 Å². The molecule has 3 nitrogen and oxygen atoms in total. The SMILES string of the molecule is CC1(C)c2ccccc2-c2ccc(-c3ccc4ccc5ccc(-c6ccc(-c7cccc8c7oc7ccccc78)cc6)nc5c4n3)cc21. The van der Waals surface area contributed by atoms with E-state index in [-0.39, 0.29) is 5.41 Å². The van der Waals surface area contributed by atoms with Gasteiger partial charge in [0.05, 0.1) is 22.4 Å². The Bertz CT molecular complexity index is 2750. The molecule has 0 atom stereocenters. The number of benzene rings is 6. The van der Waals surface area contributed by atoms with Crippen LogP contribution >= 0.6 is 0 Å². The maximum atomic E-state index is 6.31. The Morgan fingerprint density at radius 3 is 1.83 bits per heavy atom. The Kier molecular flexibility index (Phi) is 5.63. The van der Waals surface area contributed by atoms with Gasteiger partial charge in [0.2, 0.25) is 0 Å². The lowest BCUT2D eigenvalue weighted by Crippen LogP contribution is -2.14. The lowest BCUT2D eigenvalue weighted by molar-refractivity contribution is 0.660. The van der Waals surface area contributed by atoms with E-state index >= 15 is 0 Å². The lowest BCUT2D eigenvalue weighted by atomic mass is 9.82. The zero-order valence-corrected chi connectivity index (χ0v) is 26.7. The molecule has 0 saturated heterocycles. The molecule has 0 bridgehead atoms. The van der Waals surface area contributed by atoms with Crippen molar-refractivity contribution in [3.05, 3.63) is 157 Å². The number of furan rings is 1. The van der Waals surface area contributed by atoms with Crippen molar-refractivity contribution < 1.29 is 4.42 Å². The van der Waals surface area contributed by atoms with Crippen LogP contribution in [-0.4, -0.2) is 9.97 Å². The summed E-state index contributed by atoms with van der Waals surface area (Å²) in [5.41, 5.74) is 15.2. The first-order chi connectivity index (χ1) is 23.5. The van der Waals surface area contributed by atoms with Gasteiger partial charge in [-0.1, -0.05) is 135 Å². The average Bonchev–Trinajstić information content (AvgIpc) is 3.63. The molecular weight excluding hydrogens is 585 g/mol. The van der Waals surface area contributed by atoms with Gasteiger partial charge in [-0.25, -0.2) is 9.97 Å². The highest BCUT2D eigenvalue weighted by Gasteiger charge is 2.35. The van der Waals surface area contributed by atoms with Crippen molar-refractivity contribution in [2.75, 3.05) is 0 Å². The van der Waals surface area contributed by atoms with E-state index in [1.165, 1.54) is 22.3 Å². The first-order valence-corrected chi connectivity index (χ1v) is 16.5. The van der Waals surface area contributed by atoms with E-state index in [0.29, 0.717) is 0 Å². The molecule has 226 valence electrons. The van der Waals surface area contributed by atoms with Gasteiger partial charge in [0.1, 0.15) is 11.2 Å². The minimum absolute atomic E-state index is 0.0595. The molecule has 0 unspecified atom stereocenters. The predicted molar refractivity (Wildman–Crippen MR) is 198 cm³/mol. The minimum Gasteiger partial charge on any atom is -0.455 e. The summed E-state index contributed by atoms with van der Waals surface area (Å²) < 4.78 is 6.31. The lowest BCUT2D eigenvalue weighted by Gasteiger charge is -2.21. The number of aromatic nitrogens is 2. The van der Waals surface area contributed by atoms with Crippen LogP contribution in [0.25, 0.3) is 88.5 Å². The van der Waals surface area contributed by atoms with Gasteiger partial charge in [-0.2, -0.15) is 0 Å². The molecule has 0 N–H and O–H groups in total. The molecule has 0 radical (unpaired) electrons. The quantitative estimate of drug-likeness (QED) is 0.186. The van der Waals surface area contributed by atoms with E-state index in [2.05, 4.69) is 147 Å². The normalized spacial score (nSPS) is 13.4. The molecule has 0 fully saturated rings. The van der Waals surface area contributed by atoms with E-state index in [1.54, 1.807) is 0 Å². The summed E-state index contributed by atoms with van der Waals surface area (Å²) in [4.78, 5) is 10.5.